The van der Waals surface area contributed by atoms with Crippen LogP contribution in [-0.4, -0.2) is 20.8 Å². The van der Waals surface area contributed by atoms with Crippen molar-refractivity contribution in [1.29, 1.82) is 0 Å². The van der Waals surface area contributed by atoms with E-state index >= 15 is 0 Å². The fourth-order valence-corrected chi connectivity index (χ4v) is 1.96. The van der Waals surface area contributed by atoms with E-state index < -0.39 is 0 Å². The molecule has 2 aromatic rings. The molecule has 0 saturated heterocycles. The Labute approximate surface area is 106 Å². The van der Waals surface area contributed by atoms with Crippen LogP contribution in [0.1, 0.15) is 10.5 Å². The summed E-state index contributed by atoms with van der Waals surface area (Å²) < 4.78 is 2.06. The Balaban J connectivity index is 2.27. The van der Waals surface area contributed by atoms with Gasteiger partial charge in [0.25, 0.3) is 5.91 Å². The van der Waals surface area contributed by atoms with E-state index in [2.05, 4.69) is 26.3 Å². The van der Waals surface area contributed by atoms with E-state index in [1.54, 1.807) is 31.4 Å². The number of halogens is 1. The van der Waals surface area contributed by atoms with Gasteiger partial charge in [-0.1, -0.05) is 12.1 Å². The fraction of sp³-hybridized carbons (Fsp3) is 0.0909. The monoisotopic (exact) mass is 295 g/mol. The van der Waals surface area contributed by atoms with Crippen LogP contribution in [0.5, 0.6) is 5.75 Å². The number of hydrogen-bond donors (Lipinski definition) is 2. The first kappa shape index (κ1) is 11.7. The lowest BCUT2D eigenvalue weighted by atomic mass is 10.3. The van der Waals surface area contributed by atoms with Crippen molar-refractivity contribution in [2.24, 2.45) is 7.05 Å². The summed E-state index contributed by atoms with van der Waals surface area (Å²) in [7, 11) is 1.67. The number of phenolic OH excluding ortho intramolecular Hbond substituents is 1. The van der Waals surface area contributed by atoms with Crippen molar-refractivity contribution in [1.82, 2.24) is 9.78 Å². The van der Waals surface area contributed by atoms with E-state index in [9.17, 15) is 9.90 Å². The van der Waals surface area contributed by atoms with Crippen molar-refractivity contribution < 1.29 is 9.90 Å². The summed E-state index contributed by atoms with van der Waals surface area (Å²) in [4.78, 5) is 12.0. The topological polar surface area (TPSA) is 67.2 Å². The maximum absolute atomic E-state index is 12.0. The zero-order valence-corrected chi connectivity index (χ0v) is 10.6. The molecule has 0 aliphatic carbocycles. The highest BCUT2D eigenvalue weighted by Crippen LogP contribution is 2.23. The van der Waals surface area contributed by atoms with E-state index in [4.69, 9.17) is 0 Å². The first-order valence-corrected chi connectivity index (χ1v) is 5.65. The Morgan fingerprint density at radius 3 is 2.76 bits per heavy atom. The molecule has 1 aromatic carbocycles. The van der Waals surface area contributed by atoms with Gasteiger partial charge in [-0.2, -0.15) is 5.10 Å². The molecule has 5 nitrogen and oxygen atoms in total. The van der Waals surface area contributed by atoms with Gasteiger partial charge in [0, 0.05) is 7.05 Å². The molecule has 17 heavy (non-hydrogen) atoms. The van der Waals surface area contributed by atoms with Crippen molar-refractivity contribution in [3.8, 4) is 5.75 Å². The zero-order chi connectivity index (χ0) is 12.4. The van der Waals surface area contributed by atoms with Crippen LogP contribution in [0.3, 0.4) is 0 Å². The van der Waals surface area contributed by atoms with Crippen LogP contribution in [-0.2, 0) is 7.05 Å². The molecule has 1 heterocycles. The summed E-state index contributed by atoms with van der Waals surface area (Å²) in [6, 6.07) is 6.55. The third-order valence-corrected chi connectivity index (χ3v) is 2.84. The molecule has 0 fully saturated rings. The molecule has 0 saturated carbocycles. The maximum atomic E-state index is 12.0. The number of phenols is 1. The fourth-order valence-electron chi connectivity index (χ4n) is 1.43. The van der Waals surface area contributed by atoms with Crippen molar-refractivity contribution in [2.75, 3.05) is 5.32 Å². The predicted octanol–water partition coefficient (Wildman–Crippen LogP) is 2.14. The molecule has 0 spiro atoms. The van der Waals surface area contributed by atoms with E-state index in [1.165, 1.54) is 10.7 Å². The van der Waals surface area contributed by atoms with Crippen LogP contribution < -0.4 is 5.32 Å². The molecular formula is C11H10BrN3O2. The molecule has 0 radical (unpaired) electrons. The highest BCUT2D eigenvalue weighted by molar-refractivity contribution is 9.10. The summed E-state index contributed by atoms with van der Waals surface area (Å²) in [5, 5.41) is 16.1. The minimum Gasteiger partial charge on any atom is -0.506 e. The van der Waals surface area contributed by atoms with Gasteiger partial charge in [-0.15, -0.1) is 0 Å². The van der Waals surface area contributed by atoms with Crippen molar-refractivity contribution >= 4 is 27.5 Å². The highest BCUT2D eigenvalue weighted by Gasteiger charge is 2.16. The predicted molar refractivity (Wildman–Crippen MR) is 67.0 cm³/mol. The van der Waals surface area contributed by atoms with Gasteiger partial charge in [0.1, 0.15) is 11.4 Å². The number of hydrogen-bond acceptors (Lipinski definition) is 3. The number of para-hydroxylation sites is 2. The van der Waals surface area contributed by atoms with Gasteiger partial charge in [0.05, 0.1) is 16.4 Å². The molecule has 0 aliphatic heterocycles. The Morgan fingerprint density at radius 1 is 1.47 bits per heavy atom. The van der Waals surface area contributed by atoms with Crippen LogP contribution in [0.25, 0.3) is 0 Å². The number of carbonyl (C=O) groups excluding carboxylic acids is 1. The maximum Gasteiger partial charge on any atom is 0.275 e. The zero-order valence-electron chi connectivity index (χ0n) is 9.01. The lowest BCUT2D eigenvalue weighted by Gasteiger charge is -2.07. The number of benzene rings is 1. The number of nitrogens with one attached hydrogen (secondary N) is 1. The summed E-state index contributed by atoms with van der Waals surface area (Å²) in [5.41, 5.74) is 0.763. The standard InChI is InChI=1S/C11H10BrN3O2/c1-15-10(7(12)6-13-15)11(17)14-8-4-2-3-5-9(8)16/h2-6,16H,1H3,(H,14,17). The number of aromatic hydroxyl groups is 1. The minimum absolute atomic E-state index is 0.0270. The summed E-state index contributed by atoms with van der Waals surface area (Å²) in [6.45, 7) is 0. The summed E-state index contributed by atoms with van der Waals surface area (Å²) >= 11 is 3.24. The molecule has 0 bridgehead atoms. The van der Waals surface area contributed by atoms with Gasteiger partial charge in [-0.3, -0.25) is 9.48 Å². The third kappa shape index (κ3) is 2.31. The first-order chi connectivity index (χ1) is 8.09. The molecule has 1 amide bonds. The van der Waals surface area contributed by atoms with E-state index in [0.717, 1.165) is 0 Å². The average Bonchev–Trinajstić information content (AvgIpc) is 2.62. The van der Waals surface area contributed by atoms with E-state index in [1.807, 2.05) is 0 Å². The quantitative estimate of drug-likeness (QED) is 0.834. The van der Waals surface area contributed by atoms with Crippen LogP contribution in [0.4, 0.5) is 5.69 Å². The van der Waals surface area contributed by atoms with Crippen LogP contribution in [0, 0.1) is 0 Å². The van der Waals surface area contributed by atoms with E-state index in [0.29, 0.717) is 15.9 Å². The second-order valence-electron chi connectivity index (χ2n) is 3.44. The normalized spacial score (nSPS) is 10.2. The lowest BCUT2D eigenvalue weighted by molar-refractivity contribution is 0.101. The third-order valence-electron chi connectivity index (χ3n) is 2.26. The van der Waals surface area contributed by atoms with Gasteiger partial charge in [0.15, 0.2) is 0 Å². The van der Waals surface area contributed by atoms with Gasteiger partial charge in [-0.25, -0.2) is 0 Å². The van der Waals surface area contributed by atoms with Crippen LogP contribution in [0.15, 0.2) is 34.9 Å². The Hall–Kier alpha value is -1.82. The van der Waals surface area contributed by atoms with Gasteiger partial charge >= 0.3 is 0 Å². The number of amides is 1. The Bertz CT molecular complexity index is 546. The van der Waals surface area contributed by atoms with Crippen LogP contribution in [0.2, 0.25) is 0 Å². The van der Waals surface area contributed by atoms with Gasteiger partial charge in [0.2, 0.25) is 0 Å². The number of nitrogens with zero attached hydrogens (tertiary/aromatic N) is 2. The second-order valence-corrected chi connectivity index (χ2v) is 4.29. The summed E-state index contributed by atoms with van der Waals surface area (Å²) in [5.74, 6) is -0.308. The molecule has 0 aliphatic rings. The summed E-state index contributed by atoms with van der Waals surface area (Å²) in [6.07, 6.45) is 1.54. The van der Waals surface area contributed by atoms with E-state index in [-0.39, 0.29) is 11.7 Å². The number of aromatic nitrogens is 2. The number of rotatable bonds is 2. The highest BCUT2D eigenvalue weighted by atomic mass is 79.9. The average molecular weight is 296 g/mol. The number of anilines is 1. The second kappa shape index (κ2) is 4.58. The molecule has 88 valence electrons. The van der Waals surface area contributed by atoms with Crippen molar-refractivity contribution in [3.63, 3.8) is 0 Å². The van der Waals surface area contributed by atoms with Crippen LogP contribution >= 0.6 is 15.9 Å². The minimum atomic E-state index is -0.335. The molecule has 2 rings (SSSR count). The molecule has 1 aromatic heterocycles. The first-order valence-electron chi connectivity index (χ1n) is 4.86. The largest absolute Gasteiger partial charge is 0.506 e. The molecule has 0 unspecified atom stereocenters. The van der Waals surface area contributed by atoms with Gasteiger partial charge in [-0.05, 0) is 28.1 Å². The molecule has 0 atom stereocenters. The molecular weight excluding hydrogens is 286 g/mol. The number of carbonyl (C=O) groups is 1. The Morgan fingerprint density at radius 2 is 2.18 bits per heavy atom. The molecule has 2 N–H and O–H groups in total. The van der Waals surface area contributed by atoms with Gasteiger partial charge < -0.3 is 10.4 Å². The smallest absolute Gasteiger partial charge is 0.275 e. The van der Waals surface area contributed by atoms with Crippen molar-refractivity contribution in [3.05, 3.63) is 40.6 Å². The van der Waals surface area contributed by atoms with Crippen molar-refractivity contribution in [2.45, 2.75) is 0 Å². The molecule has 6 heteroatoms. The SMILES string of the molecule is Cn1ncc(Br)c1C(=O)Nc1ccccc1O. The lowest BCUT2D eigenvalue weighted by Crippen LogP contribution is -2.16. The Kier molecular flexibility index (Phi) is 3.14. The number of aryl methyl sites for hydroxylation is 1.